The molecule has 0 unspecified atom stereocenters. The molecule has 2 aromatic carbocycles. The molecule has 1 N–H and O–H groups in total. The average Bonchev–Trinajstić information content (AvgIpc) is 2.64. The number of hydrogen-bond donors (Lipinski definition) is 1. The number of likely N-dealkylation sites (N-methyl/N-ethyl adjacent to an activating group) is 1. The van der Waals surface area contributed by atoms with Gasteiger partial charge >= 0.3 is 5.97 Å². The summed E-state index contributed by atoms with van der Waals surface area (Å²) in [6.45, 7) is 1.55. The largest absolute Gasteiger partial charge is 0.446 e. The second-order valence-electron chi connectivity index (χ2n) is 6.07. The van der Waals surface area contributed by atoms with Gasteiger partial charge in [-0.3, -0.25) is 14.4 Å². The number of benzene rings is 2. The number of amides is 2. The van der Waals surface area contributed by atoms with Crippen molar-refractivity contribution in [3.05, 3.63) is 71.3 Å². The van der Waals surface area contributed by atoms with Crippen molar-refractivity contribution in [1.29, 1.82) is 0 Å². The minimum absolute atomic E-state index is 0.323. The highest BCUT2D eigenvalue weighted by atomic mass is 16.5. The average molecular weight is 354 g/mol. The molecular formula is C20H22N2O4. The molecule has 6 heteroatoms. The number of carbonyl (C=O) groups is 3. The molecule has 0 fully saturated rings. The van der Waals surface area contributed by atoms with Crippen LogP contribution < -0.4 is 5.32 Å². The van der Waals surface area contributed by atoms with E-state index >= 15 is 0 Å². The third-order valence-electron chi connectivity index (χ3n) is 3.69. The third kappa shape index (κ3) is 5.17. The van der Waals surface area contributed by atoms with Crippen molar-refractivity contribution in [3.63, 3.8) is 0 Å². The Bertz CT molecular complexity index is 787. The van der Waals surface area contributed by atoms with E-state index in [9.17, 15) is 14.4 Å². The summed E-state index contributed by atoms with van der Waals surface area (Å²) in [6, 6.07) is 15.8. The van der Waals surface area contributed by atoms with E-state index in [-0.39, 0.29) is 18.4 Å². The second-order valence-corrected chi connectivity index (χ2v) is 6.07. The van der Waals surface area contributed by atoms with E-state index in [1.165, 1.54) is 4.90 Å². The summed E-state index contributed by atoms with van der Waals surface area (Å²) in [7, 11) is 3.18. The molecular weight excluding hydrogens is 332 g/mol. The van der Waals surface area contributed by atoms with Crippen LogP contribution in [0.4, 0.5) is 0 Å². The van der Waals surface area contributed by atoms with Crippen LogP contribution in [0.1, 0.15) is 27.6 Å². The molecule has 2 aromatic rings. The lowest BCUT2D eigenvalue weighted by Crippen LogP contribution is -2.35. The molecule has 2 amide bonds. The van der Waals surface area contributed by atoms with E-state index in [0.717, 1.165) is 5.56 Å². The van der Waals surface area contributed by atoms with Crippen LogP contribution >= 0.6 is 0 Å². The van der Waals surface area contributed by atoms with Crippen molar-refractivity contribution in [2.75, 3.05) is 20.6 Å². The van der Waals surface area contributed by atoms with Gasteiger partial charge in [-0.1, -0.05) is 48.0 Å². The molecule has 0 spiro atoms. The van der Waals surface area contributed by atoms with Gasteiger partial charge in [0, 0.05) is 25.2 Å². The number of ether oxygens (including phenoxy) is 1. The zero-order valence-corrected chi connectivity index (χ0v) is 15.1. The molecule has 0 radical (unpaired) electrons. The maximum Gasteiger partial charge on any atom is 0.326 e. The number of rotatable bonds is 6. The summed E-state index contributed by atoms with van der Waals surface area (Å²) in [6.07, 6.45) is -1.05. The maximum absolute atomic E-state index is 12.3. The van der Waals surface area contributed by atoms with Gasteiger partial charge in [-0.25, -0.2) is 0 Å². The number of nitrogens with one attached hydrogen (secondary N) is 1. The Kier molecular flexibility index (Phi) is 6.49. The molecule has 0 aromatic heterocycles. The number of nitrogens with zero attached hydrogens (tertiary/aromatic N) is 1. The van der Waals surface area contributed by atoms with Crippen LogP contribution in [-0.4, -0.2) is 43.3 Å². The first-order valence-electron chi connectivity index (χ1n) is 8.19. The predicted octanol–water partition coefficient (Wildman–Crippen LogP) is 2.10. The van der Waals surface area contributed by atoms with E-state index in [1.807, 2.05) is 19.1 Å². The Morgan fingerprint density at radius 3 is 2.35 bits per heavy atom. The maximum atomic E-state index is 12.3. The van der Waals surface area contributed by atoms with Crippen LogP contribution in [0, 0.1) is 6.92 Å². The van der Waals surface area contributed by atoms with Crippen LogP contribution in [0.5, 0.6) is 0 Å². The molecule has 26 heavy (non-hydrogen) atoms. The van der Waals surface area contributed by atoms with Gasteiger partial charge in [-0.15, -0.1) is 0 Å². The molecule has 0 aliphatic heterocycles. The molecule has 136 valence electrons. The highest BCUT2D eigenvalue weighted by molar-refractivity contribution is 5.96. The smallest absolute Gasteiger partial charge is 0.326 e. The molecule has 6 nitrogen and oxygen atoms in total. The standard InChI is InChI=1S/C20H22N2O4/c1-14-8-7-11-16(12-14)19(24)21-13-17(23)26-18(20(25)22(2)3)15-9-5-4-6-10-15/h4-12,18H,13H2,1-3H3,(H,21,24)/t18-/m1/s1. The van der Waals surface area contributed by atoms with Crippen LogP contribution in [-0.2, 0) is 14.3 Å². The van der Waals surface area contributed by atoms with Crippen molar-refractivity contribution in [2.24, 2.45) is 0 Å². The van der Waals surface area contributed by atoms with Crippen molar-refractivity contribution < 1.29 is 19.1 Å². The van der Waals surface area contributed by atoms with E-state index in [2.05, 4.69) is 5.32 Å². The van der Waals surface area contributed by atoms with Crippen molar-refractivity contribution in [3.8, 4) is 0 Å². The quantitative estimate of drug-likeness (QED) is 0.806. The zero-order chi connectivity index (χ0) is 19.1. The monoisotopic (exact) mass is 354 g/mol. The summed E-state index contributed by atoms with van der Waals surface area (Å²) < 4.78 is 5.32. The fourth-order valence-electron chi connectivity index (χ4n) is 2.34. The van der Waals surface area contributed by atoms with Gasteiger partial charge in [0.2, 0.25) is 6.10 Å². The van der Waals surface area contributed by atoms with Gasteiger partial charge in [0.1, 0.15) is 6.54 Å². The minimum Gasteiger partial charge on any atom is -0.446 e. The lowest BCUT2D eigenvalue weighted by Gasteiger charge is -2.21. The predicted molar refractivity (Wildman–Crippen MR) is 97.5 cm³/mol. The van der Waals surface area contributed by atoms with Crippen LogP contribution in [0.15, 0.2) is 54.6 Å². The van der Waals surface area contributed by atoms with Crippen LogP contribution in [0.25, 0.3) is 0 Å². The Hall–Kier alpha value is -3.15. The SMILES string of the molecule is Cc1cccc(C(=O)NCC(=O)O[C@@H](C(=O)N(C)C)c2ccccc2)c1. The summed E-state index contributed by atoms with van der Waals surface area (Å²) >= 11 is 0. The Labute approximate surface area is 152 Å². The van der Waals surface area contributed by atoms with Gasteiger partial charge in [0.25, 0.3) is 11.8 Å². The molecule has 0 heterocycles. The Balaban J connectivity index is 2.01. The number of esters is 1. The molecule has 0 saturated carbocycles. The van der Waals surface area contributed by atoms with E-state index < -0.39 is 12.1 Å². The first kappa shape index (κ1) is 19.2. The summed E-state index contributed by atoms with van der Waals surface area (Å²) in [5.74, 6) is -1.41. The fraction of sp³-hybridized carbons (Fsp3) is 0.250. The molecule has 2 rings (SSSR count). The summed E-state index contributed by atoms with van der Waals surface area (Å²) in [5, 5.41) is 2.51. The minimum atomic E-state index is -1.05. The van der Waals surface area contributed by atoms with Crippen molar-refractivity contribution in [1.82, 2.24) is 10.2 Å². The lowest BCUT2D eigenvalue weighted by atomic mass is 10.1. The first-order valence-corrected chi connectivity index (χ1v) is 8.19. The highest BCUT2D eigenvalue weighted by Crippen LogP contribution is 2.19. The van der Waals surface area contributed by atoms with Gasteiger partial charge in [0.15, 0.2) is 0 Å². The Morgan fingerprint density at radius 2 is 1.73 bits per heavy atom. The summed E-state index contributed by atoms with van der Waals surface area (Å²) in [5.41, 5.74) is 1.98. The molecule has 0 bridgehead atoms. The third-order valence-corrected chi connectivity index (χ3v) is 3.69. The van der Waals surface area contributed by atoms with Gasteiger partial charge < -0.3 is 15.0 Å². The number of carbonyl (C=O) groups excluding carboxylic acids is 3. The molecule has 0 aliphatic rings. The van der Waals surface area contributed by atoms with E-state index in [1.54, 1.807) is 56.6 Å². The van der Waals surface area contributed by atoms with Crippen molar-refractivity contribution >= 4 is 17.8 Å². The van der Waals surface area contributed by atoms with E-state index in [0.29, 0.717) is 11.1 Å². The number of aryl methyl sites for hydroxylation is 1. The lowest BCUT2D eigenvalue weighted by molar-refractivity contribution is -0.158. The zero-order valence-electron chi connectivity index (χ0n) is 15.1. The van der Waals surface area contributed by atoms with Crippen LogP contribution in [0.2, 0.25) is 0 Å². The van der Waals surface area contributed by atoms with Crippen molar-refractivity contribution in [2.45, 2.75) is 13.0 Å². The fourth-order valence-corrected chi connectivity index (χ4v) is 2.34. The van der Waals surface area contributed by atoms with E-state index in [4.69, 9.17) is 4.74 Å². The number of hydrogen-bond acceptors (Lipinski definition) is 4. The van der Waals surface area contributed by atoms with Crippen LogP contribution in [0.3, 0.4) is 0 Å². The normalized spacial score (nSPS) is 11.3. The molecule has 0 aliphatic carbocycles. The second kappa shape index (κ2) is 8.80. The summed E-state index contributed by atoms with van der Waals surface area (Å²) in [4.78, 5) is 37.9. The first-order chi connectivity index (χ1) is 12.4. The van der Waals surface area contributed by atoms with Gasteiger partial charge in [-0.2, -0.15) is 0 Å². The van der Waals surface area contributed by atoms with Gasteiger partial charge in [0.05, 0.1) is 0 Å². The topological polar surface area (TPSA) is 75.7 Å². The van der Waals surface area contributed by atoms with Gasteiger partial charge in [-0.05, 0) is 19.1 Å². The molecule has 0 saturated heterocycles. The molecule has 1 atom stereocenters. The Morgan fingerprint density at radius 1 is 1.04 bits per heavy atom. The highest BCUT2D eigenvalue weighted by Gasteiger charge is 2.26.